The van der Waals surface area contributed by atoms with Crippen LogP contribution in [0.25, 0.3) is 16.7 Å². The summed E-state index contributed by atoms with van der Waals surface area (Å²) in [4.78, 5) is 38.8. The van der Waals surface area contributed by atoms with Crippen molar-refractivity contribution in [3.05, 3.63) is 94.5 Å². The lowest BCUT2D eigenvalue weighted by molar-refractivity contribution is -0.163. The van der Waals surface area contributed by atoms with Crippen molar-refractivity contribution in [1.29, 1.82) is 0 Å². The summed E-state index contributed by atoms with van der Waals surface area (Å²) in [6.07, 6.45) is 7.63. The highest BCUT2D eigenvalue weighted by molar-refractivity contribution is 6.08. The molecule has 0 spiro atoms. The van der Waals surface area contributed by atoms with Crippen LogP contribution in [0.4, 0.5) is 0 Å². The molecule has 3 aromatic rings. The van der Waals surface area contributed by atoms with Crippen LogP contribution in [0.15, 0.2) is 72.2 Å². The standard InChI is InChI=1S/C35H36N2O7/c1-19-27(33(35(41)42)37-32(19)30(20(2)38)34(37)40)18-44-28-10-6-9-23-26(16-29(39)43-4)25-15-21(11-12-24(25)31(23)28)7-5-8-22-13-14-36(3)17-22/h6,9-17,19-20,30,32,38H,5,7-8,18H2,1-4H3,(H,41,42)/b26-16+/t19-,20?,30?,32?/m0/s1. The smallest absolute Gasteiger partial charge is 0.352 e. The van der Waals surface area contributed by atoms with E-state index >= 15 is 0 Å². The summed E-state index contributed by atoms with van der Waals surface area (Å²) < 4.78 is 13.4. The number of esters is 1. The molecule has 1 aromatic heterocycles. The summed E-state index contributed by atoms with van der Waals surface area (Å²) in [5.41, 5.74) is 7.10. The molecule has 3 heterocycles. The average Bonchev–Trinajstić information content (AvgIpc) is 3.62. The molecule has 2 aromatic carbocycles. The van der Waals surface area contributed by atoms with Gasteiger partial charge in [-0.1, -0.05) is 37.3 Å². The topological polar surface area (TPSA) is 118 Å². The normalized spacial score (nSPS) is 21.6. The number of aliphatic hydroxyl groups is 1. The Morgan fingerprint density at radius 3 is 2.52 bits per heavy atom. The van der Waals surface area contributed by atoms with Crippen molar-refractivity contribution in [2.45, 2.75) is 45.3 Å². The number of β-lactam (4-membered cyclic amide) rings is 1. The zero-order valence-corrected chi connectivity index (χ0v) is 25.2. The molecule has 4 atom stereocenters. The minimum atomic E-state index is -1.19. The van der Waals surface area contributed by atoms with E-state index in [0.29, 0.717) is 11.3 Å². The van der Waals surface area contributed by atoms with E-state index in [9.17, 15) is 24.6 Å². The minimum Gasteiger partial charge on any atom is -0.488 e. The fraction of sp³-hybridized carbons (Fsp3) is 0.343. The van der Waals surface area contributed by atoms with E-state index in [-0.39, 0.29) is 24.1 Å². The van der Waals surface area contributed by atoms with Crippen LogP contribution in [-0.4, -0.2) is 63.4 Å². The van der Waals surface area contributed by atoms with Gasteiger partial charge in [0.15, 0.2) is 0 Å². The molecule has 1 amide bonds. The molecule has 1 saturated heterocycles. The van der Waals surface area contributed by atoms with Gasteiger partial charge in [-0.3, -0.25) is 4.79 Å². The molecule has 0 radical (unpaired) electrons. The molecule has 44 heavy (non-hydrogen) atoms. The van der Waals surface area contributed by atoms with E-state index < -0.39 is 30.0 Å². The molecular formula is C35H36N2O7. The molecule has 9 heteroatoms. The number of nitrogens with zero attached hydrogens (tertiary/aromatic N) is 2. The Labute approximate surface area is 256 Å². The number of amides is 1. The van der Waals surface area contributed by atoms with E-state index in [2.05, 4.69) is 30.5 Å². The van der Waals surface area contributed by atoms with E-state index in [1.54, 1.807) is 6.92 Å². The zero-order chi connectivity index (χ0) is 31.3. The number of aliphatic hydroxyl groups excluding tert-OH is 1. The number of carbonyl (C=O) groups excluding carboxylic acids is 2. The Balaban J connectivity index is 1.30. The van der Waals surface area contributed by atoms with Crippen molar-refractivity contribution < 1.29 is 34.1 Å². The predicted octanol–water partition coefficient (Wildman–Crippen LogP) is 4.36. The first-order valence-electron chi connectivity index (χ1n) is 14.9. The maximum Gasteiger partial charge on any atom is 0.352 e. The number of aryl methyl sites for hydroxylation is 3. The van der Waals surface area contributed by atoms with Gasteiger partial charge in [0.05, 0.1) is 25.2 Å². The number of methoxy groups -OCH3 is 1. The number of hydrogen-bond donors (Lipinski definition) is 2. The van der Waals surface area contributed by atoms with Gasteiger partial charge in [0.25, 0.3) is 0 Å². The Morgan fingerprint density at radius 2 is 1.84 bits per heavy atom. The van der Waals surface area contributed by atoms with Crippen LogP contribution < -0.4 is 4.74 Å². The van der Waals surface area contributed by atoms with Crippen molar-refractivity contribution >= 4 is 23.4 Å². The summed E-state index contributed by atoms with van der Waals surface area (Å²) in [6, 6.07) is 13.6. The van der Waals surface area contributed by atoms with Crippen LogP contribution >= 0.6 is 0 Å². The molecule has 0 bridgehead atoms. The van der Waals surface area contributed by atoms with Crippen molar-refractivity contribution in [1.82, 2.24) is 9.47 Å². The second kappa shape index (κ2) is 11.5. The van der Waals surface area contributed by atoms with Crippen LogP contribution in [0.3, 0.4) is 0 Å². The van der Waals surface area contributed by atoms with E-state index in [1.165, 1.54) is 23.6 Å². The number of aliphatic carboxylic acids is 1. The highest BCUT2D eigenvalue weighted by Gasteiger charge is 2.59. The molecule has 9 nitrogen and oxygen atoms in total. The fourth-order valence-electron chi connectivity index (χ4n) is 7.01. The number of hydrogen-bond acceptors (Lipinski definition) is 6. The summed E-state index contributed by atoms with van der Waals surface area (Å²) in [7, 11) is 3.36. The molecule has 3 unspecified atom stereocenters. The van der Waals surface area contributed by atoms with Gasteiger partial charge in [-0.2, -0.15) is 0 Å². The Kier molecular flexibility index (Phi) is 7.67. The van der Waals surface area contributed by atoms with Crippen molar-refractivity contribution in [2.24, 2.45) is 18.9 Å². The largest absolute Gasteiger partial charge is 0.488 e. The Hall–Kier alpha value is -4.63. The third-order valence-electron chi connectivity index (χ3n) is 9.15. The van der Waals surface area contributed by atoms with Crippen molar-refractivity contribution in [3.63, 3.8) is 0 Å². The second-order valence-corrected chi connectivity index (χ2v) is 11.9. The number of carboxylic acid groups (broad SMARTS) is 1. The molecular weight excluding hydrogens is 560 g/mol. The number of ether oxygens (including phenoxy) is 2. The van der Waals surface area contributed by atoms with Crippen LogP contribution in [-0.2, 0) is 39.0 Å². The van der Waals surface area contributed by atoms with E-state index in [0.717, 1.165) is 52.7 Å². The molecule has 0 saturated carbocycles. The third-order valence-corrected chi connectivity index (χ3v) is 9.15. The fourth-order valence-corrected chi connectivity index (χ4v) is 7.01. The van der Waals surface area contributed by atoms with Gasteiger partial charge in [0.2, 0.25) is 5.91 Å². The zero-order valence-electron chi connectivity index (χ0n) is 25.2. The highest BCUT2D eigenvalue weighted by Crippen LogP contribution is 2.50. The van der Waals surface area contributed by atoms with Gasteiger partial charge in [-0.15, -0.1) is 0 Å². The molecule has 228 valence electrons. The van der Waals surface area contributed by atoms with Gasteiger partial charge < -0.3 is 29.2 Å². The molecule has 1 aliphatic carbocycles. The number of benzene rings is 2. The van der Waals surface area contributed by atoms with Crippen LogP contribution in [0, 0.1) is 11.8 Å². The highest BCUT2D eigenvalue weighted by atomic mass is 16.5. The minimum absolute atomic E-state index is 0.0327. The molecule has 6 rings (SSSR count). The van der Waals surface area contributed by atoms with Gasteiger partial charge in [0, 0.05) is 42.6 Å². The van der Waals surface area contributed by atoms with Crippen molar-refractivity contribution in [2.75, 3.05) is 13.7 Å². The summed E-state index contributed by atoms with van der Waals surface area (Å²) in [6.45, 7) is 3.39. The Morgan fingerprint density at radius 1 is 1.07 bits per heavy atom. The number of carboxylic acids is 1. The number of aromatic nitrogens is 1. The van der Waals surface area contributed by atoms with Crippen LogP contribution in [0.2, 0.25) is 0 Å². The lowest BCUT2D eigenvalue weighted by atomic mass is 9.78. The average molecular weight is 597 g/mol. The molecule has 2 aliphatic heterocycles. The summed E-state index contributed by atoms with van der Waals surface area (Å²) >= 11 is 0. The Bertz CT molecular complexity index is 1730. The predicted molar refractivity (Wildman–Crippen MR) is 164 cm³/mol. The van der Waals surface area contributed by atoms with Gasteiger partial charge in [-0.05, 0) is 71.7 Å². The van der Waals surface area contributed by atoms with E-state index in [1.807, 2.05) is 42.9 Å². The number of carbonyl (C=O) groups is 3. The molecule has 3 aliphatic rings. The lowest BCUT2D eigenvalue weighted by Crippen LogP contribution is -2.63. The number of fused-ring (bicyclic) bond motifs is 4. The summed E-state index contributed by atoms with van der Waals surface area (Å²) in [5.74, 6) is -2.42. The van der Waals surface area contributed by atoms with Crippen LogP contribution in [0.5, 0.6) is 5.75 Å². The monoisotopic (exact) mass is 596 g/mol. The third kappa shape index (κ3) is 4.91. The first-order valence-corrected chi connectivity index (χ1v) is 14.9. The van der Waals surface area contributed by atoms with E-state index in [4.69, 9.17) is 9.47 Å². The van der Waals surface area contributed by atoms with Gasteiger partial charge in [0.1, 0.15) is 18.1 Å². The van der Waals surface area contributed by atoms with Gasteiger partial charge >= 0.3 is 11.9 Å². The maximum absolute atomic E-state index is 12.8. The lowest BCUT2D eigenvalue weighted by Gasteiger charge is -2.46. The van der Waals surface area contributed by atoms with Gasteiger partial charge in [-0.25, -0.2) is 9.59 Å². The van der Waals surface area contributed by atoms with Crippen molar-refractivity contribution in [3.8, 4) is 16.9 Å². The first-order chi connectivity index (χ1) is 21.1. The number of rotatable bonds is 10. The first kappa shape index (κ1) is 29.4. The quantitative estimate of drug-likeness (QED) is 0.159. The second-order valence-electron chi connectivity index (χ2n) is 11.9. The molecule has 2 N–H and O–H groups in total. The summed E-state index contributed by atoms with van der Waals surface area (Å²) in [5, 5.41) is 20.2. The van der Waals surface area contributed by atoms with Crippen LogP contribution in [0.1, 0.15) is 42.5 Å². The molecule has 1 fully saturated rings. The SMILES string of the molecule is COC(=O)/C=C1/c2cc(CCCc3ccn(C)c3)ccc2-c2c(OCC3=C(C(=O)O)N4C(=O)C(C(C)O)C4[C@H]3C)cccc21. The maximum atomic E-state index is 12.8.